The highest BCUT2D eigenvalue weighted by atomic mass is 19.1. The summed E-state index contributed by atoms with van der Waals surface area (Å²) >= 11 is 0. The van der Waals surface area contributed by atoms with E-state index in [0.717, 1.165) is 0 Å². The second-order valence-corrected chi connectivity index (χ2v) is 8.38. The number of ketones is 1. The average molecular weight is 494 g/mol. The highest BCUT2D eigenvalue weighted by molar-refractivity contribution is 6.05. The zero-order valence-corrected chi connectivity index (χ0v) is 19.7. The number of Topliss-reactive ketones (excluding diaryl/α,β-unsaturated/α-hetero) is 1. The van der Waals surface area contributed by atoms with Crippen LogP contribution in [0, 0.1) is 18.6 Å². The first-order chi connectivity index (χ1) is 17.2. The number of carbonyl (C=O) groups excluding carboxylic acids is 3. The van der Waals surface area contributed by atoms with E-state index in [9.17, 15) is 23.2 Å². The van der Waals surface area contributed by atoms with Crippen molar-refractivity contribution < 1.29 is 32.6 Å². The first kappa shape index (κ1) is 24.8. The minimum atomic E-state index is -0.899. The van der Waals surface area contributed by atoms with E-state index < -0.39 is 23.7 Å². The van der Waals surface area contributed by atoms with Crippen LogP contribution in [-0.4, -0.2) is 36.9 Å². The molecule has 0 saturated heterocycles. The highest BCUT2D eigenvalue weighted by Gasteiger charge is 2.33. The van der Waals surface area contributed by atoms with E-state index in [0.29, 0.717) is 28.3 Å². The van der Waals surface area contributed by atoms with E-state index in [1.54, 1.807) is 38.1 Å². The molecule has 0 aromatic heterocycles. The molecule has 0 aliphatic carbocycles. The van der Waals surface area contributed by atoms with Gasteiger partial charge in [-0.2, -0.15) is 0 Å². The van der Waals surface area contributed by atoms with E-state index >= 15 is 0 Å². The molecule has 7 nitrogen and oxygen atoms in total. The van der Waals surface area contributed by atoms with E-state index in [4.69, 9.17) is 9.47 Å². The topological polar surface area (TPSA) is 84.9 Å². The van der Waals surface area contributed by atoms with Gasteiger partial charge in [-0.3, -0.25) is 19.3 Å². The van der Waals surface area contributed by atoms with Crippen LogP contribution in [0.25, 0.3) is 0 Å². The molecule has 36 heavy (non-hydrogen) atoms. The second kappa shape index (κ2) is 10.6. The van der Waals surface area contributed by atoms with Gasteiger partial charge in [0, 0.05) is 12.1 Å². The minimum Gasteiger partial charge on any atom is -0.485 e. The molecule has 1 aliphatic rings. The molecule has 0 saturated carbocycles. The third kappa shape index (κ3) is 5.51. The fraction of sp³-hybridized carbons (Fsp3) is 0.222. The number of rotatable bonds is 8. The van der Waals surface area contributed by atoms with Crippen LogP contribution in [0.5, 0.6) is 11.5 Å². The molecule has 3 aromatic carbocycles. The van der Waals surface area contributed by atoms with Crippen molar-refractivity contribution in [2.45, 2.75) is 26.4 Å². The van der Waals surface area contributed by atoms with Gasteiger partial charge >= 0.3 is 0 Å². The molecule has 3 aromatic rings. The first-order valence-corrected chi connectivity index (χ1v) is 11.3. The van der Waals surface area contributed by atoms with Crippen LogP contribution in [0.4, 0.5) is 14.5 Å². The quantitative estimate of drug-likeness (QED) is 0.479. The Bertz CT molecular complexity index is 1310. The molecule has 2 amide bonds. The maximum absolute atomic E-state index is 13.3. The summed E-state index contributed by atoms with van der Waals surface area (Å²) in [5.74, 6) is -1.26. The van der Waals surface area contributed by atoms with Gasteiger partial charge in [-0.05, 0) is 73.5 Å². The maximum atomic E-state index is 13.3. The number of hydrogen-bond donors (Lipinski definition) is 1. The summed E-state index contributed by atoms with van der Waals surface area (Å²) < 4.78 is 37.5. The van der Waals surface area contributed by atoms with Crippen molar-refractivity contribution in [3.8, 4) is 11.5 Å². The fourth-order valence-electron chi connectivity index (χ4n) is 3.83. The Kier molecular flexibility index (Phi) is 7.28. The van der Waals surface area contributed by atoms with Gasteiger partial charge in [-0.1, -0.05) is 12.1 Å². The maximum Gasteiger partial charge on any atom is 0.265 e. The first-order valence-electron chi connectivity index (χ1n) is 11.3. The molecular formula is C27H24F2N2O5. The Hall–Kier alpha value is -4.27. The van der Waals surface area contributed by atoms with E-state index in [-0.39, 0.29) is 36.9 Å². The van der Waals surface area contributed by atoms with Crippen molar-refractivity contribution >= 4 is 23.3 Å². The van der Waals surface area contributed by atoms with Crippen LogP contribution in [0.2, 0.25) is 0 Å². The molecule has 0 radical (unpaired) electrons. The summed E-state index contributed by atoms with van der Waals surface area (Å²) in [6, 6.07) is 13.4. The van der Waals surface area contributed by atoms with Crippen LogP contribution in [0.3, 0.4) is 0 Å². The summed E-state index contributed by atoms with van der Waals surface area (Å²) in [7, 11) is 0. The lowest BCUT2D eigenvalue weighted by molar-refractivity contribution is -0.127. The number of amides is 2. The van der Waals surface area contributed by atoms with Crippen LogP contribution in [0.15, 0.2) is 60.7 Å². The predicted molar refractivity (Wildman–Crippen MR) is 128 cm³/mol. The zero-order valence-electron chi connectivity index (χ0n) is 19.7. The van der Waals surface area contributed by atoms with Gasteiger partial charge in [-0.25, -0.2) is 8.78 Å². The minimum absolute atomic E-state index is 0.160. The number of hydrogen-bond acceptors (Lipinski definition) is 5. The Morgan fingerprint density at radius 1 is 1.06 bits per heavy atom. The normalized spacial score (nSPS) is 13.4. The van der Waals surface area contributed by atoms with Crippen molar-refractivity contribution in [3.05, 3.63) is 89.0 Å². The number of nitrogens with zero attached hydrogens (tertiary/aromatic N) is 1. The smallest absolute Gasteiger partial charge is 0.265 e. The molecule has 0 spiro atoms. The van der Waals surface area contributed by atoms with Gasteiger partial charge in [0.2, 0.25) is 5.91 Å². The van der Waals surface area contributed by atoms with Crippen LogP contribution >= 0.6 is 0 Å². The number of nitrogens with one attached hydrogen (secondary N) is 1. The van der Waals surface area contributed by atoms with Gasteiger partial charge in [0.05, 0.1) is 5.69 Å². The number of anilines is 1. The molecule has 0 fully saturated rings. The van der Waals surface area contributed by atoms with E-state index in [1.165, 1.54) is 41.3 Å². The molecule has 1 heterocycles. The molecule has 1 unspecified atom stereocenters. The van der Waals surface area contributed by atoms with Gasteiger partial charge in [-0.15, -0.1) is 0 Å². The second-order valence-electron chi connectivity index (χ2n) is 8.38. The van der Waals surface area contributed by atoms with Gasteiger partial charge in [0.25, 0.3) is 5.91 Å². The molecule has 4 rings (SSSR count). The SMILES string of the molecule is Cc1cc(F)ccc1OCC(=O)c1ccc2c(c1)N(C(C)C(=O)NCc1ccc(F)cc1)C(=O)CO2. The molecular weight excluding hydrogens is 470 g/mol. The zero-order chi connectivity index (χ0) is 25.8. The Balaban J connectivity index is 1.48. The summed E-state index contributed by atoms with van der Waals surface area (Å²) in [5, 5.41) is 2.74. The van der Waals surface area contributed by atoms with Gasteiger partial charge in [0.1, 0.15) is 29.2 Å². The molecule has 9 heteroatoms. The number of aryl methyl sites for hydroxylation is 1. The Morgan fingerprint density at radius 3 is 2.50 bits per heavy atom. The Labute approximate surface area is 206 Å². The summed E-state index contributed by atoms with van der Waals surface area (Å²) in [5.41, 5.74) is 1.81. The molecule has 186 valence electrons. The monoisotopic (exact) mass is 494 g/mol. The number of benzene rings is 3. The van der Waals surface area contributed by atoms with Gasteiger partial charge < -0.3 is 14.8 Å². The Morgan fingerprint density at radius 2 is 1.78 bits per heavy atom. The fourth-order valence-corrected chi connectivity index (χ4v) is 3.83. The lowest BCUT2D eigenvalue weighted by Crippen LogP contribution is -2.51. The third-order valence-electron chi connectivity index (χ3n) is 5.80. The van der Waals surface area contributed by atoms with Crippen molar-refractivity contribution in [2.24, 2.45) is 0 Å². The summed E-state index contributed by atoms with van der Waals surface area (Å²) in [6.45, 7) is 2.86. The lowest BCUT2D eigenvalue weighted by atomic mass is 10.1. The highest BCUT2D eigenvalue weighted by Crippen LogP contribution is 2.34. The lowest BCUT2D eigenvalue weighted by Gasteiger charge is -2.33. The largest absolute Gasteiger partial charge is 0.485 e. The van der Waals surface area contributed by atoms with Crippen molar-refractivity contribution in [2.75, 3.05) is 18.1 Å². The molecule has 1 aliphatic heterocycles. The van der Waals surface area contributed by atoms with E-state index in [1.807, 2.05) is 0 Å². The molecule has 1 N–H and O–H groups in total. The number of halogens is 2. The molecule has 0 bridgehead atoms. The van der Waals surface area contributed by atoms with Crippen molar-refractivity contribution in [3.63, 3.8) is 0 Å². The van der Waals surface area contributed by atoms with Crippen LogP contribution in [-0.2, 0) is 16.1 Å². The average Bonchev–Trinajstić information content (AvgIpc) is 2.86. The van der Waals surface area contributed by atoms with Crippen molar-refractivity contribution in [1.82, 2.24) is 5.32 Å². The number of carbonyl (C=O) groups is 3. The summed E-state index contributed by atoms with van der Waals surface area (Å²) in [6.07, 6.45) is 0. The van der Waals surface area contributed by atoms with E-state index in [2.05, 4.69) is 5.32 Å². The standard InChI is InChI=1S/C27H24F2N2O5/c1-16-11-21(29)8-10-24(16)35-14-23(32)19-5-9-25-22(12-19)31(26(33)15-36-25)17(2)27(34)30-13-18-3-6-20(28)7-4-18/h3-12,17H,13-15H2,1-2H3,(H,30,34). The number of ether oxygens (including phenoxy) is 2. The summed E-state index contributed by atoms with van der Waals surface area (Å²) in [4.78, 5) is 39.6. The third-order valence-corrected chi connectivity index (χ3v) is 5.80. The van der Waals surface area contributed by atoms with Crippen molar-refractivity contribution in [1.29, 1.82) is 0 Å². The van der Waals surface area contributed by atoms with Crippen LogP contribution in [0.1, 0.15) is 28.4 Å². The van der Waals surface area contributed by atoms with Crippen LogP contribution < -0.4 is 19.7 Å². The van der Waals surface area contributed by atoms with Gasteiger partial charge in [0.15, 0.2) is 19.0 Å². The predicted octanol–water partition coefficient (Wildman–Crippen LogP) is 3.97. The molecule has 1 atom stereocenters. The number of fused-ring (bicyclic) bond motifs is 1.